The molecule has 0 bridgehead atoms. The molecule has 1 aliphatic rings. The Morgan fingerprint density at radius 2 is 1.93 bits per heavy atom. The molecule has 0 spiro atoms. The molecule has 2 amide bonds. The monoisotopic (exact) mass is 216 g/mol. The molecule has 1 rings (SSSR count). The van der Waals surface area contributed by atoms with E-state index in [0.29, 0.717) is 19.6 Å². The summed E-state index contributed by atoms with van der Waals surface area (Å²) < 4.78 is 0. The van der Waals surface area contributed by atoms with E-state index in [-0.39, 0.29) is 11.8 Å². The van der Waals surface area contributed by atoms with Crippen molar-refractivity contribution in [3.05, 3.63) is 0 Å². The Bertz CT molecular complexity index is 233. The number of rotatable bonds is 4. The minimum atomic E-state index is -0.387. The topological polar surface area (TPSA) is 40.6 Å². The van der Waals surface area contributed by atoms with Crippen molar-refractivity contribution in [2.24, 2.45) is 0 Å². The summed E-state index contributed by atoms with van der Waals surface area (Å²) in [6.07, 6.45) is 1.91. The lowest BCUT2D eigenvalue weighted by atomic mass is 10.2. The second-order valence-corrected chi connectivity index (χ2v) is 3.90. The van der Waals surface area contributed by atoms with Crippen molar-refractivity contribution < 1.29 is 9.59 Å². The summed E-state index contributed by atoms with van der Waals surface area (Å²) in [6, 6.07) is 0. The van der Waals surface area contributed by atoms with E-state index in [1.54, 1.807) is 11.9 Å². The zero-order valence-electron chi connectivity index (χ0n) is 8.40. The summed E-state index contributed by atoms with van der Waals surface area (Å²) in [4.78, 5) is 25.8. The lowest BCUT2D eigenvalue weighted by Crippen LogP contribution is -2.52. The van der Waals surface area contributed by atoms with Gasteiger partial charge in [0.25, 0.3) is 0 Å². The van der Waals surface area contributed by atoms with Gasteiger partial charge >= 0.3 is 11.8 Å². The summed E-state index contributed by atoms with van der Waals surface area (Å²) in [5.74, 6) is 0.0793. The van der Waals surface area contributed by atoms with Crippen molar-refractivity contribution in [3.63, 3.8) is 0 Å². The first-order valence-corrected chi connectivity index (χ1v) is 5.45. The molecule has 1 heterocycles. The Kier molecular flexibility index (Phi) is 4.25. The van der Waals surface area contributed by atoms with Crippen molar-refractivity contribution in [3.8, 4) is 0 Å². The molecule has 0 unspecified atom stereocenters. The van der Waals surface area contributed by atoms with Crippen LogP contribution in [0.25, 0.3) is 0 Å². The molecule has 80 valence electrons. The minimum absolute atomic E-state index is 0.363. The summed E-state index contributed by atoms with van der Waals surface area (Å²) in [6.45, 7) is 1.98. The molecule has 14 heavy (non-hydrogen) atoms. The van der Waals surface area contributed by atoms with Crippen molar-refractivity contribution in [2.45, 2.75) is 12.8 Å². The molecule has 0 atom stereocenters. The van der Waals surface area contributed by atoms with Crippen molar-refractivity contribution in [1.29, 1.82) is 0 Å². The summed E-state index contributed by atoms with van der Waals surface area (Å²) in [5.41, 5.74) is 0. The van der Waals surface area contributed by atoms with E-state index in [1.165, 1.54) is 4.90 Å². The standard InChI is InChI=1S/C9H16N2O2S/c1-10-5-6-11(4-2-3-7-14)9(13)8(10)12/h14H,2-7H2,1H3. The number of piperazine rings is 1. The normalized spacial score (nSPS) is 17.9. The molecule has 0 radical (unpaired) electrons. The third-order valence-corrected chi connectivity index (χ3v) is 2.67. The average Bonchev–Trinajstić information content (AvgIpc) is 2.18. The van der Waals surface area contributed by atoms with E-state index >= 15 is 0 Å². The van der Waals surface area contributed by atoms with Crippen LogP contribution in [0.2, 0.25) is 0 Å². The van der Waals surface area contributed by atoms with Crippen LogP contribution < -0.4 is 0 Å². The zero-order chi connectivity index (χ0) is 10.6. The van der Waals surface area contributed by atoms with Crippen molar-refractivity contribution >= 4 is 24.4 Å². The van der Waals surface area contributed by atoms with Gasteiger partial charge in [-0.25, -0.2) is 0 Å². The van der Waals surface area contributed by atoms with Gasteiger partial charge in [-0.3, -0.25) is 9.59 Å². The van der Waals surface area contributed by atoms with Crippen LogP contribution in [-0.4, -0.2) is 54.0 Å². The maximum atomic E-state index is 11.4. The van der Waals surface area contributed by atoms with Crippen LogP contribution in [0.3, 0.4) is 0 Å². The van der Waals surface area contributed by atoms with Crippen LogP contribution in [0.15, 0.2) is 0 Å². The maximum Gasteiger partial charge on any atom is 0.312 e. The highest BCUT2D eigenvalue weighted by Gasteiger charge is 2.29. The number of carbonyl (C=O) groups is 2. The molecule has 1 fully saturated rings. The van der Waals surface area contributed by atoms with E-state index < -0.39 is 0 Å². The second-order valence-electron chi connectivity index (χ2n) is 3.45. The molecule has 0 aromatic heterocycles. The van der Waals surface area contributed by atoms with E-state index in [9.17, 15) is 9.59 Å². The van der Waals surface area contributed by atoms with Crippen LogP contribution in [0, 0.1) is 0 Å². The van der Waals surface area contributed by atoms with Gasteiger partial charge in [-0.15, -0.1) is 0 Å². The Morgan fingerprint density at radius 3 is 2.57 bits per heavy atom. The lowest BCUT2D eigenvalue weighted by molar-refractivity contribution is -0.154. The van der Waals surface area contributed by atoms with Gasteiger partial charge in [0.1, 0.15) is 0 Å². The highest BCUT2D eigenvalue weighted by Crippen LogP contribution is 2.04. The molecule has 0 aliphatic carbocycles. The average molecular weight is 216 g/mol. The third-order valence-electron chi connectivity index (χ3n) is 2.36. The number of thiol groups is 1. The zero-order valence-corrected chi connectivity index (χ0v) is 9.30. The fraction of sp³-hybridized carbons (Fsp3) is 0.778. The quantitative estimate of drug-likeness (QED) is 0.408. The largest absolute Gasteiger partial charge is 0.336 e. The predicted molar refractivity (Wildman–Crippen MR) is 57.3 cm³/mol. The number of carbonyl (C=O) groups excluding carboxylic acids is 2. The number of hydrogen-bond donors (Lipinski definition) is 1. The summed E-state index contributed by atoms with van der Waals surface area (Å²) in [7, 11) is 1.66. The SMILES string of the molecule is CN1CCN(CCCCS)C(=O)C1=O. The van der Waals surface area contributed by atoms with Crippen LogP contribution in [0.4, 0.5) is 0 Å². The Morgan fingerprint density at radius 1 is 1.21 bits per heavy atom. The molecule has 0 aromatic rings. The van der Waals surface area contributed by atoms with E-state index in [2.05, 4.69) is 12.6 Å². The highest BCUT2D eigenvalue weighted by molar-refractivity contribution is 7.80. The van der Waals surface area contributed by atoms with Crippen LogP contribution in [0.5, 0.6) is 0 Å². The third kappa shape index (κ3) is 2.64. The van der Waals surface area contributed by atoms with E-state index in [0.717, 1.165) is 18.6 Å². The predicted octanol–water partition coefficient (Wildman–Crippen LogP) is -0.00300. The summed E-state index contributed by atoms with van der Waals surface area (Å²) >= 11 is 4.09. The molecular formula is C9H16N2O2S. The van der Waals surface area contributed by atoms with Gasteiger partial charge in [0.2, 0.25) is 0 Å². The van der Waals surface area contributed by atoms with E-state index in [4.69, 9.17) is 0 Å². The smallest absolute Gasteiger partial charge is 0.312 e. The summed E-state index contributed by atoms with van der Waals surface area (Å²) in [5, 5.41) is 0. The number of hydrogen-bond acceptors (Lipinski definition) is 3. The lowest BCUT2D eigenvalue weighted by Gasteiger charge is -2.31. The highest BCUT2D eigenvalue weighted by atomic mass is 32.1. The van der Waals surface area contributed by atoms with Gasteiger partial charge in [-0.2, -0.15) is 12.6 Å². The minimum Gasteiger partial charge on any atom is -0.336 e. The van der Waals surface area contributed by atoms with Crippen LogP contribution in [0.1, 0.15) is 12.8 Å². The van der Waals surface area contributed by atoms with Gasteiger partial charge < -0.3 is 9.80 Å². The first-order valence-electron chi connectivity index (χ1n) is 4.82. The van der Waals surface area contributed by atoms with Crippen molar-refractivity contribution in [1.82, 2.24) is 9.80 Å². The van der Waals surface area contributed by atoms with E-state index in [1.807, 2.05) is 0 Å². The van der Waals surface area contributed by atoms with Gasteiger partial charge in [0.15, 0.2) is 0 Å². The molecule has 0 N–H and O–H groups in total. The van der Waals surface area contributed by atoms with Crippen molar-refractivity contribution in [2.75, 3.05) is 32.4 Å². The van der Waals surface area contributed by atoms with Gasteiger partial charge in [0, 0.05) is 26.7 Å². The fourth-order valence-corrected chi connectivity index (χ4v) is 1.62. The van der Waals surface area contributed by atoms with Gasteiger partial charge in [0.05, 0.1) is 0 Å². The molecule has 5 heteroatoms. The first-order chi connectivity index (χ1) is 6.66. The number of amides is 2. The molecule has 4 nitrogen and oxygen atoms in total. The first kappa shape index (κ1) is 11.4. The van der Waals surface area contributed by atoms with Gasteiger partial charge in [-0.05, 0) is 18.6 Å². The molecular weight excluding hydrogens is 200 g/mol. The fourth-order valence-electron chi connectivity index (χ4n) is 1.40. The molecule has 1 saturated heterocycles. The van der Waals surface area contributed by atoms with Gasteiger partial charge in [-0.1, -0.05) is 0 Å². The maximum absolute atomic E-state index is 11.4. The second kappa shape index (κ2) is 5.24. The number of nitrogens with zero attached hydrogens (tertiary/aromatic N) is 2. The number of unbranched alkanes of at least 4 members (excludes halogenated alkanes) is 1. The van der Waals surface area contributed by atoms with Crippen LogP contribution in [-0.2, 0) is 9.59 Å². The van der Waals surface area contributed by atoms with Crippen LogP contribution >= 0.6 is 12.6 Å². The molecule has 1 aliphatic heterocycles. The Labute approximate surface area is 89.7 Å². The molecule has 0 aromatic carbocycles. The number of likely N-dealkylation sites (N-methyl/N-ethyl adjacent to an activating group) is 1. The molecule has 0 saturated carbocycles. The Balaban J connectivity index is 2.39. The Hall–Kier alpha value is -0.710.